The largest absolute Gasteiger partial charge is 0.278 e. The van der Waals surface area contributed by atoms with Crippen LogP contribution in [-0.2, 0) is 6.54 Å². The highest BCUT2D eigenvalue weighted by Gasteiger charge is 2.18. The van der Waals surface area contributed by atoms with Crippen LogP contribution in [0.25, 0.3) is 22.4 Å². The van der Waals surface area contributed by atoms with Gasteiger partial charge >= 0.3 is 0 Å². The molecule has 0 aliphatic rings. The molecule has 6 nitrogen and oxygen atoms in total. The predicted molar refractivity (Wildman–Crippen MR) is 108 cm³/mol. The molecule has 2 heterocycles. The maximum absolute atomic E-state index is 11.5. The van der Waals surface area contributed by atoms with Gasteiger partial charge in [0, 0.05) is 29.7 Å². The maximum Gasteiger partial charge on any atom is 0.278 e. The molecule has 0 aliphatic heterocycles. The Morgan fingerprint density at radius 1 is 1.04 bits per heavy atom. The summed E-state index contributed by atoms with van der Waals surface area (Å²) in [6.45, 7) is 0.540. The van der Waals surface area contributed by atoms with Gasteiger partial charge in [-0.05, 0) is 53.1 Å². The van der Waals surface area contributed by atoms with Gasteiger partial charge in [0.15, 0.2) is 0 Å². The fraction of sp³-hybridized carbons (Fsp3) is 0.0476. The third-order valence-electron chi connectivity index (χ3n) is 4.35. The van der Waals surface area contributed by atoms with Crippen molar-refractivity contribution in [1.82, 2.24) is 14.8 Å². The first-order valence-corrected chi connectivity index (χ1v) is 8.95. The van der Waals surface area contributed by atoms with Crippen molar-refractivity contribution in [3.8, 4) is 22.4 Å². The Morgan fingerprint density at radius 3 is 2.54 bits per heavy atom. The molecule has 4 rings (SSSR count). The van der Waals surface area contributed by atoms with E-state index >= 15 is 0 Å². The molecule has 0 amide bonds. The molecule has 2 aromatic carbocycles. The van der Waals surface area contributed by atoms with Crippen molar-refractivity contribution in [1.29, 1.82) is 0 Å². The SMILES string of the molecule is O=[N+]([O-])c1ccc(-c2ccc(Cl)cc2)cc1-c1ccn(Cc2cccnc2)n1. The number of rotatable bonds is 5. The molecule has 0 radical (unpaired) electrons. The maximum atomic E-state index is 11.5. The number of pyridine rings is 1. The quantitative estimate of drug-likeness (QED) is 0.346. The van der Waals surface area contributed by atoms with Crippen LogP contribution in [-0.4, -0.2) is 19.7 Å². The minimum atomic E-state index is -0.388. The fourth-order valence-corrected chi connectivity index (χ4v) is 3.12. The number of benzene rings is 2. The Morgan fingerprint density at radius 2 is 1.82 bits per heavy atom. The van der Waals surface area contributed by atoms with E-state index in [0.717, 1.165) is 16.7 Å². The second-order valence-corrected chi connectivity index (χ2v) is 6.69. The van der Waals surface area contributed by atoms with Crippen molar-refractivity contribution >= 4 is 17.3 Å². The molecule has 4 aromatic rings. The topological polar surface area (TPSA) is 73.8 Å². The minimum Gasteiger partial charge on any atom is -0.268 e. The van der Waals surface area contributed by atoms with Crippen molar-refractivity contribution in [3.05, 3.63) is 100.0 Å². The summed E-state index contributed by atoms with van der Waals surface area (Å²) in [4.78, 5) is 15.2. The lowest BCUT2D eigenvalue weighted by Crippen LogP contribution is -2.01. The van der Waals surface area contributed by atoms with E-state index in [9.17, 15) is 10.1 Å². The summed E-state index contributed by atoms with van der Waals surface area (Å²) in [6, 6.07) is 18.0. The second-order valence-electron chi connectivity index (χ2n) is 6.26. The first-order chi connectivity index (χ1) is 13.6. The number of hydrogen-bond donors (Lipinski definition) is 0. The van der Waals surface area contributed by atoms with Crippen LogP contribution in [0.3, 0.4) is 0 Å². The lowest BCUT2D eigenvalue weighted by Gasteiger charge is -2.06. The zero-order valence-electron chi connectivity index (χ0n) is 14.7. The highest BCUT2D eigenvalue weighted by Crippen LogP contribution is 2.33. The van der Waals surface area contributed by atoms with Crippen LogP contribution in [0.15, 0.2) is 79.3 Å². The van der Waals surface area contributed by atoms with Crippen molar-refractivity contribution in [3.63, 3.8) is 0 Å². The van der Waals surface area contributed by atoms with Crippen LogP contribution < -0.4 is 0 Å². The average Bonchev–Trinajstić information content (AvgIpc) is 3.17. The first kappa shape index (κ1) is 17.9. The second kappa shape index (κ2) is 7.62. The highest BCUT2D eigenvalue weighted by atomic mass is 35.5. The van der Waals surface area contributed by atoms with Crippen molar-refractivity contribution in [2.75, 3.05) is 0 Å². The summed E-state index contributed by atoms with van der Waals surface area (Å²) in [6.07, 6.45) is 5.29. The number of nitrogens with zero attached hydrogens (tertiary/aromatic N) is 4. The normalized spacial score (nSPS) is 10.8. The number of halogens is 1. The molecule has 0 spiro atoms. The van der Waals surface area contributed by atoms with Gasteiger partial charge in [-0.3, -0.25) is 19.8 Å². The van der Waals surface area contributed by atoms with Crippen LogP contribution in [0, 0.1) is 10.1 Å². The molecule has 0 fully saturated rings. The molecule has 2 aromatic heterocycles. The molecule has 0 N–H and O–H groups in total. The summed E-state index contributed by atoms with van der Waals surface area (Å²) in [5.74, 6) is 0. The van der Waals surface area contributed by atoms with Crippen molar-refractivity contribution in [2.24, 2.45) is 0 Å². The third-order valence-corrected chi connectivity index (χ3v) is 4.61. The van der Waals surface area contributed by atoms with Gasteiger partial charge in [0.2, 0.25) is 0 Å². The summed E-state index contributed by atoms with van der Waals surface area (Å²) in [7, 11) is 0. The van der Waals surface area contributed by atoms with Crippen LogP contribution in [0.4, 0.5) is 5.69 Å². The van der Waals surface area contributed by atoms with Gasteiger partial charge in [0.25, 0.3) is 5.69 Å². The van der Waals surface area contributed by atoms with E-state index in [4.69, 9.17) is 11.6 Å². The summed E-state index contributed by atoms with van der Waals surface area (Å²) in [5.41, 5.74) is 3.83. The Balaban J connectivity index is 1.72. The van der Waals surface area contributed by atoms with E-state index in [2.05, 4.69) is 10.1 Å². The van der Waals surface area contributed by atoms with E-state index in [-0.39, 0.29) is 10.6 Å². The minimum absolute atomic E-state index is 0.0179. The molecular formula is C21H15ClN4O2. The van der Waals surface area contributed by atoms with Gasteiger partial charge in [-0.2, -0.15) is 5.10 Å². The van der Waals surface area contributed by atoms with Crippen molar-refractivity contribution in [2.45, 2.75) is 6.54 Å². The molecule has 0 bridgehead atoms. The van der Waals surface area contributed by atoms with Gasteiger partial charge in [-0.25, -0.2) is 0 Å². The molecule has 0 unspecified atom stereocenters. The zero-order valence-corrected chi connectivity index (χ0v) is 15.5. The Bertz CT molecular complexity index is 1120. The van der Waals surface area contributed by atoms with Gasteiger partial charge in [0.1, 0.15) is 0 Å². The summed E-state index contributed by atoms with van der Waals surface area (Å²) >= 11 is 5.96. The summed E-state index contributed by atoms with van der Waals surface area (Å²) in [5, 5.41) is 16.7. The van der Waals surface area contributed by atoms with E-state index < -0.39 is 0 Å². The highest BCUT2D eigenvalue weighted by molar-refractivity contribution is 6.30. The molecule has 0 saturated carbocycles. The number of hydrogen-bond acceptors (Lipinski definition) is 4. The molecular weight excluding hydrogens is 376 g/mol. The van der Waals surface area contributed by atoms with Gasteiger partial charge in [0.05, 0.1) is 22.7 Å². The van der Waals surface area contributed by atoms with E-state index in [1.165, 1.54) is 6.07 Å². The van der Waals surface area contributed by atoms with E-state index in [1.54, 1.807) is 53.6 Å². The predicted octanol–water partition coefficient (Wildman–Crippen LogP) is 5.22. The molecule has 0 atom stereocenters. The van der Waals surface area contributed by atoms with Crippen LogP contribution in [0.1, 0.15) is 5.56 Å². The van der Waals surface area contributed by atoms with Crippen LogP contribution >= 0.6 is 11.6 Å². The number of aromatic nitrogens is 3. The Kier molecular flexibility index (Phi) is 4.87. The number of nitro groups is 1. The van der Waals surface area contributed by atoms with E-state index in [1.807, 2.05) is 24.3 Å². The summed E-state index contributed by atoms with van der Waals surface area (Å²) < 4.78 is 1.74. The lowest BCUT2D eigenvalue weighted by molar-refractivity contribution is -0.384. The standard InChI is InChI=1S/C21H15ClN4O2/c22-18-6-3-16(4-7-18)17-5-8-21(26(27)28)19(12-17)20-9-11-25(24-20)14-15-2-1-10-23-13-15/h1-13H,14H2. The average molecular weight is 391 g/mol. The van der Waals surface area contributed by atoms with Crippen LogP contribution in [0.5, 0.6) is 0 Å². The smallest absolute Gasteiger partial charge is 0.268 e. The Labute approximate surface area is 166 Å². The number of nitro benzene ring substituents is 1. The molecule has 0 saturated heterocycles. The monoisotopic (exact) mass is 390 g/mol. The third kappa shape index (κ3) is 3.77. The van der Waals surface area contributed by atoms with E-state index in [0.29, 0.717) is 22.8 Å². The molecule has 7 heteroatoms. The van der Waals surface area contributed by atoms with Gasteiger partial charge in [-0.15, -0.1) is 0 Å². The molecule has 138 valence electrons. The molecule has 28 heavy (non-hydrogen) atoms. The lowest BCUT2D eigenvalue weighted by atomic mass is 10.0. The van der Waals surface area contributed by atoms with Gasteiger partial charge < -0.3 is 0 Å². The first-order valence-electron chi connectivity index (χ1n) is 8.57. The molecule has 0 aliphatic carbocycles. The zero-order chi connectivity index (χ0) is 19.5. The Hall–Kier alpha value is -3.51. The van der Waals surface area contributed by atoms with Gasteiger partial charge in [-0.1, -0.05) is 29.8 Å². The van der Waals surface area contributed by atoms with Crippen LogP contribution in [0.2, 0.25) is 5.02 Å². The fourth-order valence-electron chi connectivity index (χ4n) is 2.99. The van der Waals surface area contributed by atoms with Crippen molar-refractivity contribution < 1.29 is 4.92 Å².